The summed E-state index contributed by atoms with van der Waals surface area (Å²) in [5.41, 5.74) is 5.34. The summed E-state index contributed by atoms with van der Waals surface area (Å²) in [6.07, 6.45) is 0.339. The van der Waals surface area contributed by atoms with E-state index >= 15 is 0 Å². The van der Waals surface area contributed by atoms with Gasteiger partial charge in [-0.3, -0.25) is 40.7 Å². The van der Waals surface area contributed by atoms with Crippen LogP contribution < -0.4 is 21.5 Å². The Morgan fingerprint density at radius 3 is 2.31 bits per heavy atom. The topological polar surface area (TPSA) is 142 Å². The van der Waals surface area contributed by atoms with E-state index in [0.717, 1.165) is 6.07 Å². The highest BCUT2D eigenvalue weighted by Gasteiger charge is 2.13. The molecule has 0 saturated carbocycles. The smallest absolute Gasteiger partial charge is 0.270 e. The Balaban J connectivity index is 1.87. The van der Waals surface area contributed by atoms with Crippen molar-refractivity contribution < 1.29 is 19.3 Å². The summed E-state index contributed by atoms with van der Waals surface area (Å²) in [4.78, 5) is 45.7. The zero-order chi connectivity index (χ0) is 21.4. The van der Waals surface area contributed by atoms with E-state index in [-0.39, 0.29) is 22.3 Å². The van der Waals surface area contributed by atoms with Crippen LogP contribution in [0.5, 0.6) is 0 Å². The SMILES string of the molecule is CCC(=O)Nc1ccc(C(=O)NNC(=S)NC(=O)c2cccc([N+](=O)[O-])c2)cc1. The number of thiocarbonyl (C=S) groups is 1. The fourth-order valence-electron chi connectivity index (χ4n) is 2.11. The molecule has 150 valence electrons. The van der Waals surface area contributed by atoms with Gasteiger partial charge < -0.3 is 5.32 Å². The average molecular weight is 415 g/mol. The van der Waals surface area contributed by atoms with Gasteiger partial charge in [0.1, 0.15) is 0 Å². The van der Waals surface area contributed by atoms with Crippen molar-refractivity contribution in [2.75, 3.05) is 5.32 Å². The molecule has 0 spiro atoms. The van der Waals surface area contributed by atoms with Crippen LogP contribution in [-0.4, -0.2) is 27.8 Å². The van der Waals surface area contributed by atoms with Crippen LogP contribution in [0.2, 0.25) is 0 Å². The molecule has 2 aromatic rings. The number of hydrazine groups is 1. The predicted molar refractivity (Wildman–Crippen MR) is 109 cm³/mol. The van der Waals surface area contributed by atoms with E-state index in [9.17, 15) is 24.5 Å². The molecule has 0 fully saturated rings. The van der Waals surface area contributed by atoms with Gasteiger partial charge in [0.05, 0.1) is 4.92 Å². The normalized spacial score (nSPS) is 9.83. The first-order chi connectivity index (χ1) is 13.8. The van der Waals surface area contributed by atoms with Gasteiger partial charge in [-0.2, -0.15) is 0 Å². The standard InChI is InChI=1S/C18H17N5O5S/c1-2-15(24)19-13-8-6-11(7-9-13)17(26)21-22-18(29)20-16(25)12-4-3-5-14(10-12)23(27)28/h3-10H,2H2,1H3,(H,19,24)(H,21,26)(H2,20,22,25,29). The Morgan fingerprint density at radius 2 is 1.69 bits per heavy atom. The molecule has 0 atom stereocenters. The summed E-state index contributed by atoms with van der Waals surface area (Å²) in [7, 11) is 0. The number of rotatable bonds is 5. The van der Waals surface area contributed by atoms with E-state index in [4.69, 9.17) is 12.2 Å². The van der Waals surface area contributed by atoms with Gasteiger partial charge >= 0.3 is 0 Å². The monoisotopic (exact) mass is 415 g/mol. The molecule has 0 unspecified atom stereocenters. The zero-order valence-corrected chi connectivity index (χ0v) is 16.0. The molecule has 2 aromatic carbocycles. The lowest BCUT2D eigenvalue weighted by Crippen LogP contribution is -2.48. The maximum atomic E-state index is 12.1. The van der Waals surface area contributed by atoms with E-state index in [0.29, 0.717) is 17.7 Å². The largest absolute Gasteiger partial charge is 0.326 e. The first-order valence-corrected chi connectivity index (χ1v) is 8.77. The third kappa shape index (κ3) is 6.36. The van der Waals surface area contributed by atoms with E-state index in [1.807, 2.05) is 0 Å². The number of hydrogen-bond donors (Lipinski definition) is 4. The number of carbonyl (C=O) groups is 3. The number of nitrogens with one attached hydrogen (secondary N) is 4. The Hall–Kier alpha value is -3.86. The highest BCUT2D eigenvalue weighted by molar-refractivity contribution is 7.80. The molecule has 0 aliphatic heterocycles. The van der Waals surface area contributed by atoms with E-state index in [1.54, 1.807) is 19.1 Å². The van der Waals surface area contributed by atoms with Crippen LogP contribution in [-0.2, 0) is 4.79 Å². The summed E-state index contributed by atoms with van der Waals surface area (Å²) in [5.74, 6) is -1.34. The lowest BCUT2D eigenvalue weighted by atomic mass is 10.2. The van der Waals surface area contributed by atoms with E-state index in [2.05, 4.69) is 21.5 Å². The van der Waals surface area contributed by atoms with E-state index in [1.165, 1.54) is 30.3 Å². The van der Waals surface area contributed by atoms with Gasteiger partial charge in [-0.1, -0.05) is 13.0 Å². The number of nitrogens with zero attached hydrogens (tertiary/aromatic N) is 1. The second-order valence-corrected chi connectivity index (χ2v) is 6.06. The highest BCUT2D eigenvalue weighted by Crippen LogP contribution is 2.13. The van der Waals surface area contributed by atoms with Crippen molar-refractivity contribution in [2.24, 2.45) is 0 Å². The molecule has 10 nitrogen and oxygen atoms in total. The fourth-order valence-corrected chi connectivity index (χ4v) is 2.25. The number of hydrogen-bond acceptors (Lipinski definition) is 6. The van der Waals surface area contributed by atoms with Crippen LogP contribution >= 0.6 is 12.2 Å². The van der Waals surface area contributed by atoms with Crippen molar-refractivity contribution in [3.05, 3.63) is 69.8 Å². The van der Waals surface area contributed by atoms with Crippen LogP contribution in [0.1, 0.15) is 34.1 Å². The van der Waals surface area contributed by atoms with Crippen LogP contribution in [0, 0.1) is 10.1 Å². The fraction of sp³-hybridized carbons (Fsp3) is 0.111. The van der Waals surface area contributed by atoms with Gasteiger partial charge in [-0.25, -0.2) is 0 Å². The zero-order valence-electron chi connectivity index (χ0n) is 15.2. The molecule has 0 heterocycles. The third-order valence-electron chi connectivity index (χ3n) is 3.59. The summed E-state index contributed by atoms with van der Waals surface area (Å²) in [6.45, 7) is 1.73. The summed E-state index contributed by atoms with van der Waals surface area (Å²) < 4.78 is 0. The van der Waals surface area contributed by atoms with E-state index < -0.39 is 16.7 Å². The average Bonchev–Trinajstić information content (AvgIpc) is 2.72. The van der Waals surface area contributed by atoms with Gasteiger partial charge in [0.15, 0.2) is 5.11 Å². The molecule has 3 amide bonds. The summed E-state index contributed by atoms with van der Waals surface area (Å²) >= 11 is 4.93. The predicted octanol–water partition coefficient (Wildman–Crippen LogP) is 1.89. The Morgan fingerprint density at radius 1 is 1.00 bits per heavy atom. The van der Waals surface area contributed by atoms with Gasteiger partial charge in [0.2, 0.25) is 5.91 Å². The second-order valence-electron chi connectivity index (χ2n) is 5.65. The Kier molecular flexibility index (Phi) is 7.32. The van der Waals surface area contributed by atoms with Crippen molar-refractivity contribution >= 4 is 46.4 Å². The molecule has 0 aliphatic carbocycles. The molecule has 0 aliphatic rings. The quantitative estimate of drug-likeness (QED) is 0.332. The van der Waals surface area contributed by atoms with Crippen molar-refractivity contribution in [1.29, 1.82) is 0 Å². The van der Waals surface area contributed by atoms with Gasteiger partial charge in [0.25, 0.3) is 17.5 Å². The minimum atomic E-state index is -0.670. The van der Waals surface area contributed by atoms with Crippen molar-refractivity contribution in [3.63, 3.8) is 0 Å². The molecule has 11 heteroatoms. The minimum Gasteiger partial charge on any atom is -0.326 e. The number of nitro benzene ring substituents is 1. The number of benzene rings is 2. The first kappa shape index (κ1) is 21.4. The van der Waals surface area contributed by atoms with Crippen LogP contribution in [0.3, 0.4) is 0 Å². The summed E-state index contributed by atoms with van der Waals surface area (Å²) in [6, 6.07) is 11.3. The number of amides is 3. The Bertz CT molecular complexity index is 961. The Labute approximate surface area is 170 Å². The molecule has 29 heavy (non-hydrogen) atoms. The van der Waals surface area contributed by atoms with Crippen molar-refractivity contribution in [3.8, 4) is 0 Å². The number of carbonyl (C=O) groups excluding carboxylic acids is 3. The highest BCUT2D eigenvalue weighted by atomic mass is 32.1. The number of non-ortho nitro benzene ring substituents is 1. The number of nitro groups is 1. The van der Waals surface area contributed by atoms with Crippen molar-refractivity contribution in [1.82, 2.24) is 16.2 Å². The lowest BCUT2D eigenvalue weighted by molar-refractivity contribution is -0.384. The molecule has 0 bridgehead atoms. The first-order valence-electron chi connectivity index (χ1n) is 8.36. The molecule has 0 aromatic heterocycles. The van der Waals surface area contributed by atoms with Gasteiger partial charge in [-0.05, 0) is 42.5 Å². The molecule has 4 N–H and O–H groups in total. The number of anilines is 1. The van der Waals surface area contributed by atoms with Crippen LogP contribution in [0.15, 0.2) is 48.5 Å². The minimum absolute atomic E-state index is 0.0411. The van der Waals surface area contributed by atoms with Crippen molar-refractivity contribution in [2.45, 2.75) is 13.3 Å². The second kappa shape index (κ2) is 9.90. The molecule has 0 saturated heterocycles. The lowest BCUT2D eigenvalue weighted by Gasteiger charge is -2.11. The maximum Gasteiger partial charge on any atom is 0.270 e. The van der Waals surface area contributed by atoms with Gasteiger partial charge in [0, 0.05) is 35.4 Å². The molecule has 2 rings (SSSR count). The molecular formula is C18H17N5O5S. The van der Waals surface area contributed by atoms with Gasteiger partial charge in [-0.15, -0.1) is 0 Å². The maximum absolute atomic E-state index is 12.1. The third-order valence-corrected chi connectivity index (χ3v) is 3.79. The van der Waals surface area contributed by atoms with Crippen LogP contribution in [0.4, 0.5) is 11.4 Å². The molecular weight excluding hydrogens is 398 g/mol. The summed E-state index contributed by atoms with van der Waals surface area (Å²) in [5, 5.41) is 15.5. The molecule has 0 radical (unpaired) electrons. The van der Waals surface area contributed by atoms with Crippen LogP contribution in [0.25, 0.3) is 0 Å².